The zero-order valence-electron chi connectivity index (χ0n) is 17.0. The van der Waals surface area contributed by atoms with E-state index in [9.17, 15) is 8.42 Å². The number of nitrogens with two attached hydrogens (primary N) is 2. The lowest BCUT2D eigenvalue weighted by molar-refractivity contribution is 0.0910. The van der Waals surface area contributed by atoms with Crippen molar-refractivity contribution in [3.8, 4) is 17.0 Å². The summed E-state index contributed by atoms with van der Waals surface area (Å²) in [5.41, 5.74) is 11.8. The van der Waals surface area contributed by atoms with Gasteiger partial charge < -0.3 is 15.2 Å². The number of primary sulfonamides is 1. The van der Waals surface area contributed by atoms with Crippen molar-refractivity contribution in [3.05, 3.63) is 53.9 Å². The first kappa shape index (κ1) is 21.3. The highest BCUT2D eigenvalue weighted by Gasteiger charge is 2.17. The van der Waals surface area contributed by atoms with Gasteiger partial charge in [-0.3, -0.25) is 4.68 Å². The summed E-state index contributed by atoms with van der Waals surface area (Å²) in [5.74, 6) is 0.505. The summed E-state index contributed by atoms with van der Waals surface area (Å²) in [6.07, 6.45) is 6.53. The molecule has 2 aromatic heterocycles. The number of benzene rings is 1. The Balaban J connectivity index is 1.26. The lowest BCUT2D eigenvalue weighted by Crippen LogP contribution is -2.15. The van der Waals surface area contributed by atoms with Crippen LogP contribution in [0, 0.1) is 0 Å². The number of anilines is 1. The molecule has 0 unspecified atom stereocenters. The van der Waals surface area contributed by atoms with Crippen molar-refractivity contribution < 1.29 is 17.9 Å². The Bertz CT molecular complexity index is 1180. The maximum absolute atomic E-state index is 11.2. The first-order valence-corrected chi connectivity index (χ1v) is 11.6. The highest BCUT2D eigenvalue weighted by molar-refractivity contribution is 7.89. The van der Waals surface area contributed by atoms with E-state index in [1.165, 1.54) is 21.9 Å². The Morgan fingerprint density at radius 3 is 2.77 bits per heavy atom. The lowest BCUT2D eigenvalue weighted by Gasteiger charge is -2.12. The minimum absolute atomic E-state index is 0.161. The number of rotatable bonds is 9. The summed E-state index contributed by atoms with van der Waals surface area (Å²) in [6.45, 7) is 1.45. The molecule has 0 spiro atoms. The molecule has 0 atom stereocenters. The van der Waals surface area contributed by atoms with E-state index in [0.29, 0.717) is 32.2 Å². The van der Waals surface area contributed by atoms with Crippen LogP contribution in [-0.2, 0) is 34.1 Å². The highest BCUT2D eigenvalue weighted by Crippen LogP contribution is 2.35. The van der Waals surface area contributed by atoms with Crippen molar-refractivity contribution in [2.75, 3.05) is 25.6 Å². The van der Waals surface area contributed by atoms with E-state index in [-0.39, 0.29) is 5.03 Å². The summed E-state index contributed by atoms with van der Waals surface area (Å²) in [5, 5.41) is 8.76. The molecule has 164 valence electrons. The SMILES string of the molecule is Nc1c(-c2ccnc(OCCOCCn3ccc(S(N)(=O)=O)n3)c2)ccc2c1CCC2. The number of nitrogens with zero attached hydrogens (tertiary/aromatic N) is 3. The van der Waals surface area contributed by atoms with Crippen molar-refractivity contribution in [2.45, 2.75) is 30.8 Å². The normalized spacial score (nSPS) is 13.3. The summed E-state index contributed by atoms with van der Waals surface area (Å²) in [7, 11) is -3.79. The average Bonchev–Trinajstić information content (AvgIpc) is 3.41. The van der Waals surface area contributed by atoms with Crippen molar-refractivity contribution >= 4 is 15.7 Å². The molecule has 0 bridgehead atoms. The van der Waals surface area contributed by atoms with Crippen LogP contribution >= 0.6 is 0 Å². The third kappa shape index (κ3) is 5.04. The largest absolute Gasteiger partial charge is 0.475 e. The number of aromatic nitrogens is 3. The summed E-state index contributed by atoms with van der Waals surface area (Å²) < 4.78 is 35.1. The molecule has 0 saturated heterocycles. The van der Waals surface area contributed by atoms with Gasteiger partial charge in [-0.25, -0.2) is 18.5 Å². The Morgan fingerprint density at radius 1 is 1.10 bits per heavy atom. The maximum atomic E-state index is 11.2. The number of pyridine rings is 1. The van der Waals surface area contributed by atoms with Crippen LogP contribution < -0.4 is 15.6 Å². The molecule has 1 aliphatic rings. The van der Waals surface area contributed by atoms with Crippen LogP contribution in [0.15, 0.2) is 47.8 Å². The summed E-state index contributed by atoms with van der Waals surface area (Å²) >= 11 is 0. The zero-order valence-corrected chi connectivity index (χ0v) is 17.8. The predicted molar refractivity (Wildman–Crippen MR) is 116 cm³/mol. The third-order valence-electron chi connectivity index (χ3n) is 5.22. The van der Waals surface area contributed by atoms with Gasteiger partial charge in [-0.2, -0.15) is 5.10 Å². The van der Waals surface area contributed by atoms with Crippen LogP contribution in [0.5, 0.6) is 5.88 Å². The van der Waals surface area contributed by atoms with Gasteiger partial charge in [0.1, 0.15) is 6.61 Å². The second-order valence-electron chi connectivity index (χ2n) is 7.32. The van der Waals surface area contributed by atoms with E-state index in [4.69, 9.17) is 20.3 Å². The fourth-order valence-corrected chi connectivity index (χ4v) is 4.16. The van der Waals surface area contributed by atoms with Crippen molar-refractivity contribution in [2.24, 2.45) is 5.14 Å². The molecule has 1 aromatic carbocycles. The van der Waals surface area contributed by atoms with Crippen LogP contribution in [0.25, 0.3) is 11.1 Å². The molecule has 0 aliphatic heterocycles. The minimum atomic E-state index is -3.79. The standard InChI is InChI=1S/C21H25N5O4S/c22-21-17-3-1-2-15(17)4-5-18(21)16-6-8-24-19(14-16)30-13-12-29-11-10-26-9-7-20(25-26)31(23,27)28/h4-9,14H,1-3,10-13,22H2,(H2,23,27,28). The molecule has 2 heterocycles. The monoisotopic (exact) mass is 443 g/mol. The third-order valence-corrected chi connectivity index (χ3v) is 6.02. The minimum Gasteiger partial charge on any atom is -0.475 e. The number of ether oxygens (including phenoxy) is 2. The van der Waals surface area contributed by atoms with Crippen LogP contribution in [0.3, 0.4) is 0 Å². The van der Waals surface area contributed by atoms with E-state index in [0.717, 1.165) is 36.1 Å². The second-order valence-corrected chi connectivity index (χ2v) is 8.83. The van der Waals surface area contributed by atoms with Crippen molar-refractivity contribution in [3.63, 3.8) is 0 Å². The molecule has 4 N–H and O–H groups in total. The Hall–Kier alpha value is -2.95. The predicted octanol–water partition coefficient (Wildman–Crippen LogP) is 1.76. The fraction of sp³-hybridized carbons (Fsp3) is 0.333. The van der Waals surface area contributed by atoms with Gasteiger partial charge in [-0.1, -0.05) is 12.1 Å². The molecular weight excluding hydrogens is 418 g/mol. The van der Waals surface area contributed by atoms with E-state index < -0.39 is 10.0 Å². The smallest absolute Gasteiger partial charge is 0.257 e. The average molecular weight is 444 g/mol. The van der Waals surface area contributed by atoms with Gasteiger partial charge in [-0.05, 0) is 48.1 Å². The van der Waals surface area contributed by atoms with Gasteiger partial charge in [0.2, 0.25) is 5.88 Å². The molecule has 0 radical (unpaired) electrons. The summed E-state index contributed by atoms with van der Waals surface area (Å²) in [4.78, 5) is 4.26. The first-order valence-electron chi connectivity index (χ1n) is 10.1. The molecule has 10 heteroatoms. The number of fused-ring (bicyclic) bond motifs is 1. The van der Waals surface area contributed by atoms with Gasteiger partial charge in [-0.15, -0.1) is 0 Å². The number of aryl methyl sites for hydroxylation is 1. The topological polar surface area (TPSA) is 135 Å². The Morgan fingerprint density at radius 2 is 1.97 bits per heavy atom. The molecular formula is C21H25N5O4S. The molecule has 3 aromatic rings. The van der Waals surface area contributed by atoms with Gasteiger partial charge in [0.15, 0.2) is 5.03 Å². The second kappa shape index (κ2) is 9.04. The van der Waals surface area contributed by atoms with E-state index >= 15 is 0 Å². The maximum Gasteiger partial charge on any atom is 0.257 e. The quantitative estimate of drug-likeness (QED) is 0.380. The Labute approximate surface area is 181 Å². The van der Waals surface area contributed by atoms with Crippen molar-refractivity contribution in [1.29, 1.82) is 0 Å². The van der Waals surface area contributed by atoms with Crippen LogP contribution in [0.1, 0.15) is 17.5 Å². The Kier molecular flexibility index (Phi) is 6.21. The van der Waals surface area contributed by atoms with Gasteiger partial charge >= 0.3 is 0 Å². The van der Waals surface area contributed by atoms with Gasteiger partial charge in [0.25, 0.3) is 10.0 Å². The van der Waals surface area contributed by atoms with Gasteiger partial charge in [0, 0.05) is 29.7 Å². The first-order chi connectivity index (χ1) is 14.9. The van der Waals surface area contributed by atoms with E-state index in [1.54, 1.807) is 12.4 Å². The van der Waals surface area contributed by atoms with E-state index in [2.05, 4.69) is 22.2 Å². The van der Waals surface area contributed by atoms with Crippen LogP contribution in [0.2, 0.25) is 0 Å². The number of sulfonamides is 1. The van der Waals surface area contributed by atoms with E-state index in [1.807, 2.05) is 12.1 Å². The molecule has 4 rings (SSSR count). The van der Waals surface area contributed by atoms with Gasteiger partial charge in [0.05, 0.1) is 19.8 Å². The number of hydrogen-bond donors (Lipinski definition) is 2. The molecule has 1 aliphatic carbocycles. The molecule has 0 amide bonds. The van der Waals surface area contributed by atoms with Crippen molar-refractivity contribution in [1.82, 2.24) is 14.8 Å². The highest BCUT2D eigenvalue weighted by atomic mass is 32.2. The molecule has 31 heavy (non-hydrogen) atoms. The molecule has 0 saturated carbocycles. The molecule has 0 fully saturated rings. The number of hydrogen-bond acceptors (Lipinski definition) is 7. The number of nitrogen functional groups attached to an aromatic ring is 1. The zero-order chi connectivity index (χ0) is 21.8. The van der Waals surface area contributed by atoms with Crippen LogP contribution in [-0.4, -0.2) is 43.0 Å². The fourth-order valence-electron chi connectivity index (χ4n) is 3.69. The van der Waals surface area contributed by atoms with Crippen LogP contribution in [0.4, 0.5) is 5.69 Å². The lowest BCUT2D eigenvalue weighted by atomic mass is 9.98. The summed E-state index contributed by atoms with van der Waals surface area (Å²) in [6, 6.07) is 9.39. The molecule has 9 nitrogen and oxygen atoms in total.